The molecule has 15 heavy (non-hydrogen) atoms. The van der Waals surface area contributed by atoms with Gasteiger partial charge in [0.25, 0.3) is 20.0 Å². The van der Waals surface area contributed by atoms with E-state index in [9.17, 15) is 8.42 Å². The summed E-state index contributed by atoms with van der Waals surface area (Å²) < 4.78 is 23.2. The molecule has 0 fully saturated rings. The highest BCUT2D eigenvalue weighted by Crippen LogP contribution is 2.11. The third kappa shape index (κ3) is 1.80. The number of nitrogens with zero attached hydrogens (tertiary/aromatic N) is 4. The first-order valence-corrected chi connectivity index (χ1v) is 6.34. The minimum atomic E-state index is -3.90. The zero-order chi connectivity index (χ0) is 11.2. The van der Waals surface area contributed by atoms with Crippen molar-refractivity contribution in [3.63, 3.8) is 0 Å². The highest BCUT2D eigenvalue weighted by molar-refractivity contribution is 8.13. The molecule has 2 aromatic heterocycles. The summed E-state index contributed by atoms with van der Waals surface area (Å²) in [6, 6.07) is 0. The summed E-state index contributed by atoms with van der Waals surface area (Å²) in [5.41, 5.74) is 1.67. The molecule has 80 valence electrons. The maximum atomic E-state index is 11.0. The average Bonchev–Trinajstić information content (AvgIpc) is 2.47. The summed E-state index contributed by atoms with van der Waals surface area (Å²) in [6.45, 7) is 3.65. The molecule has 0 bridgehead atoms. The molecule has 0 aliphatic heterocycles. The quantitative estimate of drug-likeness (QED) is 0.691. The van der Waals surface area contributed by atoms with Crippen molar-refractivity contribution in [2.24, 2.45) is 0 Å². The molecule has 0 unspecified atom stereocenters. The zero-order valence-electron chi connectivity index (χ0n) is 7.97. The number of hydrogen-bond donors (Lipinski definition) is 0. The van der Waals surface area contributed by atoms with Crippen LogP contribution < -0.4 is 0 Å². The fraction of sp³-hybridized carbons (Fsp3) is 0.286. The molecule has 0 saturated carbocycles. The van der Waals surface area contributed by atoms with E-state index in [-0.39, 0.29) is 5.78 Å². The van der Waals surface area contributed by atoms with Gasteiger partial charge in [-0.1, -0.05) is 0 Å². The fourth-order valence-corrected chi connectivity index (χ4v) is 1.65. The summed E-state index contributed by atoms with van der Waals surface area (Å²) in [6.07, 6.45) is 1.65. The van der Waals surface area contributed by atoms with Gasteiger partial charge in [-0.3, -0.25) is 0 Å². The number of aryl methyl sites for hydroxylation is 2. The minimum Gasteiger partial charge on any atom is -0.216 e. The second-order valence-electron chi connectivity index (χ2n) is 3.09. The molecule has 6 nitrogen and oxygen atoms in total. The lowest BCUT2D eigenvalue weighted by Crippen LogP contribution is -1.96. The van der Waals surface area contributed by atoms with Crippen molar-refractivity contribution in [2.45, 2.75) is 19.0 Å². The van der Waals surface area contributed by atoms with Gasteiger partial charge in [-0.25, -0.2) is 17.9 Å². The predicted octanol–water partition coefficient (Wildman–Crippen LogP) is 0.669. The van der Waals surface area contributed by atoms with Crippen LogP contribution in [0.2, 0.25) is 0 Å². The predicted molar refractivity (Wildman–Crippen MR) is 53.3 cm³/mol. The van der Waals surface area contributed by atoms with Crippen LogP contribution in [0.5, 0.6) is 0 Å². The molecule has 0 aliphatic rings. The van der Waals surface area contributed by atoms with Crippen LogP contribution in [0, 0.1) is 13.8 Å². The van der Waals surface area contributed by atoms with Crippen LogP contribution in [-0.4, -0.2) is 28.0 Å². The Morgan fingerprint density at radius 2 is 2.00 bits per heavy atom. The Morgan fingerprint density at radius 1 is 1.33 bits per heavy atom. The highest BCUT2D eigenvalue weighted by atomic mass is 35.7. The number of fused-ring (bicyclic) bond motifs is 1. The van der Waals surface area contributed by atoms with Gasteiger partial charge in [0.1, 0.15) is 0 Å². The minimum absolute atomic E-state index is 0.220. The van der Waals surface area contributed by atoms with Crippen LogP contribution in [-0.2, 0) is 9.05 Å². The van der Waals surface area contributed by atoms with Gasteiger partial charge in [0.2, 0.25) is 0 Å². The topological polar surface area (TPSA) is 77.2 Å². The Balaban J connectivity index is 2.77. The van der Waals surface area contributed by atoms with E-state index < -0.39 is 14.2 Å². The summed E-state index contributed by atoms with van der Waals surface area (Å²) >= 11 is 0. The summed E-state index contributed by atoms with van der Waals surface area (Å²) in [7, 11) is 1.21. The van der Waals surface area contributed by atoms with E-state index in [1.165, 1.54) is 4.52 Å². The maximum absolute atomic E-state index is 11.0. The van der Waals surface area contributed by atoms with E-state index in [1.54, 1.807) is 13.1 Å². The Kier molecular flexibility index (Phi) is 2.16. The van der Waals surface area contributed by atoms with Crippen LogP contribution >= 0.6 is 10.7 Å². The van der Waals surface area contributed by atoms with Crippen molar-refractivity contribution in [2.75, 3.05) is 0 Å². The van der Waals surface area contributed by atoms with Crippen LogP contribution in [0.15, 0.2) is 11.4 Å². The van der Waals surface area contributed by atoms with Gasteiger partial charge in [-0.05, 0) is 19.4 Å². The van der Waals surface area contributed by atoms with Crippen molar-refractivity contribution in [1.82, 2.24) is 19.6 Å². The normalized spacial score (nSPS) is 12.2. The zero-order valence-corrected chi connectivity index (χ0v) is 9.54. The lowest BCUT2D eigenvalue weighted by atomic mass is 10.3. The van der Waals surface area contributed by atoms with Crippen LogP contribution in [0.1, 0.15) is 11.3 Å². The Morgan fingerprint density at radius 3 is 2.60 bits per heavy atom. The van der Waals surface area contributed by atoms with Gasteiger partial charge < -0.3 is 0 Å². The first-order valence-electron chi connectivity index (χ1n) is 4.03. The van der Waals surface area contributed by atoms with E-state index in [0.717, 1.165) is 11.3 Å². The fourth-order valence-electron chi connectivity index (χ4n) is 1.08. The largest absolute Gasteiger partial charge is 0.298 e. The van der Waals surface area contributed by atoms with E-state index in [1.807, 2.05) is 6.92 Å². The standard InChI is InChI=1S/C7H7ClN4O2S/c1-4-3-12-6(9-5(4)2)10-7(11-12)15(8,13)14/h3H,1-2H3. The van der Waals surface area contributed by atoms with E-state index in [0.29, 0.717) is 0 Å². The number of hydrogen-bond acceptors (Lipinski definition) is 5. The van der Waals surface area contributed by atoms with E-state index in [2.05, 4.69) is 15.1 Å². The van der Waals surface area contributed by atoms with E-state index >= 15 is 0 Å². The summed E-state index contributed by atoms with van der Waals surface area (Å²) in [5, 5.41) is 3.28. The third-order valence-electron chi connectivity index (χ3n) is 1.97. The SMILES string of the molecule is Cc1cn2nc(S(=O)(=O)Cl)nc2nc1C. The molecule has 0 aromatic carbocycles. The second kappa shape index (κ2) is 3.14. The molecule has 0 atom stereocenters. The van der Waals surface area contributed by atoms with Crippen molar-refractivity contribution in [3.8, 4) is 0 Å². The van der Waals surface area contributed by atoms with Crippen molar-refractivity contribution in [1.29, 1.82) is 0 Å². The average molecular weight is 247 g/mol. The Bertz CT molecular complexity index is 595. The molecular weight excluding hydrogens is 240 g/mol. The van der Waals surface area contributed by atoms with Crippen molar-refractivity contribution in [3.05, 3.63) is 17.5 Å². The van der Waals surface area contributed by atoms with Crippen LogP contribution in [0.3, 0.4) is 0 Å². The Hall–Kier alpha value is -1.21. The second-order valence-corrected chi connectivity index (χ2v) is 5.55. The molecule has 2 rings (SSSR count). The molecule has 8 heteroatoms. The lowest BCUT2D eigenvalue weighted by Gasteiger charge is -1.96. The smallest absolute Gasteiger partial charge is 0.216 e. The number of rotatable bonds is 1. The van der Waals surface area contributed by atoms with Crippen LogP contribution in [0.25, 0.3) is 5.78 Å². The molecule has 0 aliphatic carbocycles. The third-order valence-corrected chi connectivity index (χ3v) is 2.99. The van der Waals surface area contributed by atoms with Gasteiger partial charge in [0.15, 0.2) is 0 Å². The molecule has 2 heterocycles. The summed E-state index contributed by atoms with van der Waals surface area (Å²) in [4.78, 5) is 7.78. The summed E-state index contributed by atoms with van der Waals surface area (Å²) in [5.74, 6) is 0.220. The first-order chi connectivity index (χ1) is 6.88. The van der Waals surface area contributed by atoms with E-state index in [4.69, 9.17) is 10.7 Å². The maximum Gasteiger partial charge on any atom is 0.298 e. The van der Waals surface area contributed by atoms with Crippen molar-refractivity contribution < 1.29 is 8.42 Å². The highest BCUT2D eigenvalue weighted by Gasteiger charge is 2.17. The molecule has 0 saturated heterocycles. The molecule has 0 radical (unpaired) electrons. The number of aromatic nitrogens is 4. The van der Waals surface area contributed by atoms with Gasteiger partial charge in [0.05, 0.1) is 0 Å². The molecule has 0 N–H and O–H groups in total. The van der Waals surface area contributed by atoms with Crippen LogP contribution in [0.4, 0.5) is 0 Å². The molecule has 2 aromatic rings. The number of halogens is 1. The van der Waals surface area contributed by atoms with Crippen molar-refractivity contribution >= 4 is 25.5 Å². The van der Waals surface area contributed by atoms with Gasteiger partial charge in [-0.15, -0.1) is 5.10 Å². The molecule has 0 spiro atoms. The first kappa shape index (κ1) is 10.3. The van der Waals surface area contributed by atoms with Gasteiger partial charge in [-0.2, -0.15) is 4.98 Å². The lowest BCUT2D eigenvalue weighted by molar-refractivity contribution is 0.601. The Labute approximate surface area is 90.3 Å². The molecular formula is C7H7ClN4O2S. The monoisotopic (exact) mass is 246 g/mol. The van der Waals surface area contributed by atoms with Gasteiger partial charge >= 0.3 is 0 Å². The van der Waals surface area contributed by atoms with Gasteiger partial charge in [0, 0.05) is 22.6 Å². The molecule has 0 amide bonds.